The Labute approximate surface area is 153 Å². The predicted molar refractivity (Wildman–Crippen MR) is 101 cm³/mol. The Bertz CT molecular complexity index is 840. The smallest absolute Gasteiger partial charge is 0.413 e. The molecule has 7 heteroatoms. The molecule has 0 aliphatic carbocycles. The number of hydrogen-bond acceptors (Lipinski definition) is 5. The van der Waals surface area contributed by atoms with Crippen molar-refractivity contribution in [2.75, 3.05) is 5.90 Å². The van der Waals surface area contributed by atoms with E-state index in [4.69, 9.17) is 13.6 Å². The maximum absolute atomic E-state index is 13.2. The summed E-state index contributed by atoms with van der Waals surface area (Å²) in [5.74, 6) is 0.797. The van der Waals surface area contributed by atoms with Crippen molar-refractivity contribution in [1.29, 1.82) is 0 Å². The van der Waals surface area contributed by atoms with Crippen LogP contribution < -0.4 is 13.6 Å². The van der Waals surface area contributed by atoms with Gasteiger partial charge in [-0.15, -0.1) is 0 Å². The van der Waals surface area contributed by atoms with E-state index in [1.165, 1.54) is 0 Å². The summed E-state index contributed by atoms with van der Waals surface area (Å²) in [5, 5.41) is 0. The number of para-hydroxylation sites is 3. The molecular weight excluding hydrogens is 370 g/mol. The zero-order valence-corrected chi connectivity index (χ0v) is 15.6. The molecule has 0 N–H and O–H groups in total. The first kappa shape index (κ1) is 18.2. The van der Waals surface area contributed by atoms with Gasteiger partial charge >= 0.3 is 21.5 Å². The summed E-state index contributed by atoms with van der Waals surface area (Å²) in [5.41, 5.74) is 0. The molecule has 0 spiro atoms. The standard InChI is InChI=1S/C19H17O5P2/c20-25(22-17-10-4-1-5-11-17)16-26(21,23-18-12-6-2-7-13-18)24-19-14-8-3-9-15-19/h1-15H,16H2/q+1. The average molecular weight is 387 g/mol. The summed E-state index contributed by atoms with van der Waals surface area (Å²) in [6.45, 7) is 0. The van der Waals surface area contributed by atoms with Gasteiger partial charge in [0.15, 0.2) is 5.75 Å². The summed E-state index contributed by atoms with van der Waals surface area (Å²) >= 11 is 0. The molecule has 0 aliphatic heterocycles. The van der Waals surface area contributed by atoms with Gasteiger partial charge in [-0.2, -0.15) is 0 Å². The van der Waals surface area contributed by atoms with E-state index in [0.29, 0.717) is 17.2 Å². The van der Waals surface area contributed by atoms with Crippen molar-refractivity contribution in [3.8, 4) is 17.2 Å². The average Bonchev–Trinajstić information content (AvgIpc) is 2.63. The van der Waals surface area contributed by atoms with E-state index in [1.807, 2.05) is 18.2 Å². The minimum Gasteiger partial charge on any atom is -0.413 e. The Morgan fingerprint density at radius 3 is 1.46 bits per heavy atom. The third-order valence-electron chi connectivity index (χ3n) is 3.21. The van der Waals surface area contributed by atoms with Crippen LogP contribution in [0.3, 0.4) is 0 Å². The molecule has 0 saturated carbocycles. The lowest BCUT2D eigenvalue weighted by atomic mass is 10.3. The zero-order chi connectivity index (χ0) is 18.2. The highest BCUT2D eigenvalue weighted by atomic mass is 31.2. The molecule has 26 heavy (non-hydrogen) atoms. The Hall–Kier alpha value is -2.61. The summed E-state index contributed by atoms with van der Waals surface area (Å²) in [6.07, 6.45) is 0. The molecule has 0 bridgehead atoms. The largest absolute Gasteiger partial charge is 0.571 e. The molecule has 0 amide bonds. The van der Waals surface area contributed by atoms with Crippen molar-refractivity contribution in [3.63, 3.8) is 0 Å². The molecule has 3 aromatic carbocycles. The van der Waals surface area contributed by atoms with Crippen LogP contribution in [-0.4, -0.2) is 5.90 Å². The zero-order valence-electron chi connectivity index (χ0n) is 13.8. The maximum atomic E-state index is 13.2. The van der Waals surface area contributed by atoms with Crippen LogP contribution in [0.4, 0.5) is 0 Å². The summed E-state index contributed by atoms with van der Waals surface area (Å²) in [6, 6.07) is 26.0. The predicted octanol–water partition coefficient (Wildman–Crippen LogP) is 6.12. The molecule has 0 heterocycles. The van der Waals surface area contributed by atoms with Gasteiger partial charge in [-0.05, 0) is 41.0 Å². The molecule has 0 saturated heterocycles. The van der Waals surface area contributed by atoms with Gasteiger partial charge in [-0.25, -0.2) is 4.57 Å². The molecule has 5 nitrogen and oxygen atoms in total. The van der Waals surface area contributed by atoms with Gasteiger partial charge in [0, 0.05) is 0 Å². The Kier molecular flexibility index (Phi) is 6.06. The van der Waals surface area contributed by atoms with E-state index in [9.17, 15) is 9.13 Å². The first-order valence-electron chi connectivity index (χ1n) is 7.89. The van der Waals surface area contributed by atoms with E-state index in [1.54, 1.807) is 72.8 Å². The molecule has 132 valence electrons. The third-order valence-corrected chi connectivity index (χ3v) is 6.92. The summed E-state index contributed by atoms with van der Waals surface area (Å²) < 4.78 is 42.2. The molecular formula is C19H17O5P2+. The van der Waals surface area contributed by atoms with E-state index >= 15 is 0 Å². The van der Waals surface area contributed by atoms with Crippen molar-refractivity contribution < 1.29 is 22.7 Å². The van der Waals surface area contributed by atoms with E-state index in [2.05, 4.69) is 0 Å². The monoisotopic (exact) mass is 387 g/mol. The van der Waals surface area contributed by atoms with Crippen LogP contribution in [0.15, 0.2) is 91.0 Å². The SMILES string of the molecule is O=[P+](CP(=O)(Oc1ccccc1)Oc1ccccc1)Oc1ccccc1. The van der Waals surface area contributed by atoms with E-state index < -0.39 is 15.6 Å². The molecule has 0 fully saturated rings. The van der Waals surface area contributed by atoms with Crippen molar-refractivity contribution in [3.05, 3.63) is 91.0 Å². The van der Waals surface area contributed by atoms with Gasteiger partial charge in [-0.3, -0.25) is 4.52 Å². The van der Waals surface area contributed by atoms with Gasteiger partial charge in [0.2, 0.25) is 0 Å². The lowest BCUT2D eigenvalue weighted by molar-refractivity contribution is 0.389. The van der Waals surface area contributed by atoms with Crippen LogP contribution in [-0.2, 0) is 9.13 Å². The fourth-order valence-corrected chi connectivity index (χ4v) is 5.23. The van der Waals surface area contributed by atoms with Crippen LogP contribution in [0, 0.1) is 0 Å². The van der Waals surface area contributed by atoms with Crippen LogP contribution >= 0.6 is 15.6 Å². The van der Waals surface area contributed by atoms with Crippen LogP contribution in [0.2, 0.25) is 0 Å². The normalized spacial score (nSPS) is 11.5. The molecule has 3 aromatic rings. The maximum Gasteiger partial charge on any atom is 0.571 e. The van der Waals surface area contributed by atoms with Crippen LogP contribution in [0.5, 0.6) is 17.2 Å². The fourth-order valence-electron chi connectivity index (χ4n) is 2.13. The molecule has 1 unspecified atom stereocenters. The summed E-state index contributed by atoms with van der Waals surface area (Å²) in [7, 11) is -6.07. The highest BCUT2D eigenvalue weighted by Crippen LogP contribution is 2.54. The van der Waals surface area contributed by atoms with E-state index in [-0.39, 0.29) is 5.90 Å². The lowest BCUT2D eigenvalue weighted by Gasteiger charge is -2.16. The van der Waals surface area contributed by atoms with Gasteiger partial charge in [0.1, 0.15) is 11.5 Å². The van der Waals surface area contributed by atoms with Gasteiger partial charge in [0.25, 0.3) is 0 Å². The molecule has 0 aromatic heterocycles. The van der Waals surface area contributed by atoms with Crippen molar-refractivity contribution >= 4 is 15.6 Å². The van der Waals surface area contributed by atoms with Crippen molar-refractivity contribution in [1.82, 2.24) is 0 Å². The molecule has 1 atom stereocenters. The second-order valence-electron chi connectivity index (χ2n) is 5.30. The Balaban J connectivity index is 1.77. The van der Waals surface area contributed by atoms with Gasteiger partial charge in [0.05, 0.1) is 0 Å². The van der Waals surface area contributed by atoms with Crippen molar-refractivity contribution in [2.24, 2.45) is 0 Å². The molecule has 3 rings (SSSR count). The second kappa shape index (κ2) is 8.66. The van der Waals surface area contributed by atoms with E-state index in [0.717, 1.165) is 0 Å². The number of rotatable bonds is 8. The lowest BCUT2D eigenvalue weighted by Crippen LogP contribution is -2.04. The topological polar surface area (TPSA) is 61.8 Å². The first-order valence-corrected chi connectivity index (χ1v) is 11.0. The Morgan fingerprint density at radius 1 is 0.654 bits per heavy atom. The van der Waals surface area contributed by atoms with Crippen LogP contribution in [0.1, 0.15) is 0 Å². The Morgan fingerprint density at radius 2 is 1.04 bits per heavy atom. The minimum atomic E-state index is -3.76. The van der Waals surface area contributed by atoms with Gasteiger partial charge in [-0.1, -0.05) is 54.6 Å². The highest BCUT2D eigenvalue weighted by Gasteiger charge is 2.41. The van der Waals surface area contributed by atoms with Gasteiger partial charge < -0.3 is 9.05 Å². The summed E-state index contributed by atoms with van der Waals surface area (Å²) in [4.78, 5) is 0. The number of hydrogen-bond donors (Lipinski definition) is 0. The first-order chi connectivity index (χ1) is 12.6. The molecule has 0 radical (unpaired) electrons. The van der Waals surface area contributed by atoms with Crippen molar-refractivity contribution in [2.45, 2.75) is 0 Å². The fraction of sp³-hybridized carbons (Fsp3) is 0.0526. The van der Waals surface area contributed by atoms with Crippen LogP contribution in [0.25, 0.3) is 0 Å². The highest BCUT2D eigenvalue weighted by molar-refractivity contribution is 7.66. The minimum absolute atomic E-state index is 0.370. The third kappa shape index (κ3) is 5.45. The number of benzene rings is 3. The molecule has 0 aliphatic rings. The second-order valence-corrected chi connectivity index (χ2v) is 8.86. The quantitative estimate of drug-likeness (QED) is 0.436.